The molecule has 5 heteroatoms. The zero-order valence-corrected chi connectivity index (χ0v) is 12.6. The minimum atomic E-state index is -0.451. The van der Waals surface area contributed by atoms with Gasteiger partial charge in [0.1, 0.15) is 18.1 Å². The van der Waals surface area contributed by atoms with Crippen molar-refractivity contribution in [1.29, 1.82) is 0 Å². The molecule has 0 atom stereocenters. The zero-order valence-electron chi connectivity index (χ0n) is 12.6. The fraction of sp³-hybridized carbons (Fsp3) is 0.235. The van der Waals surface area contributed by atoms with Crippen molar-refractivity contribution < 1.29 is 23.7 Å². The minimum Gasteiger partial charge on any atom is -0.489 e. The number of rotatable bonds is 7. The van der Waals surface area contributed by atoms with Gasteiger partial charge in [0.15, 0.2) is 6.79 Å². The summed E-state index contributed by atoms with van der Waals surface area (Å²) in [6, 6.07) is 14.7. The van der Waals surface area contributed by atoms with Gasteiger partial charge in [-0.3, -0.25) is 0 Å². The van der Waals surface area contributed by atoms with E-state index in [1.54, 1.807) is 18.2 Å². The summed E-state index contributed by atoms with van der Waals surface area (Å²) in [4.78, 5) is 11.7. The molecule has 2 rings (SSSR count). The molecule has 0 aliphatic rings. The van der Waals surface area contributed by atoms with Crippen LogP contribution in [0.4, 0.5) is 0 Å². The summed E-state index contributed by atoms with van der Waals surface area (Å²) in [7, 11) is 2.85. The fourth-order valence-corrected chi connectivity index (χ4v) is 1.84. The third-order valence-corrected chi connectivity index (χ3v) is 2.89. The Hall–Kier alpha value is -2.53. The molecule has 0 amide bonds. The Bertz CT molecular complexity index is 610. The second-order valence-electron chi connectivity index (χ2n) is 4.51. The molecule has 2 aromatic rings. The summed E-state index contributed by atoms with van der Waals surface area (Å²) in [6.45, 7) is 0.484. The predicted octanol–water partition coefficient (Wildman–Crippen LogP) is 3.03. The van der Waals surface area contributed by atoms with Crippen LogP contribution in [0.5, 0.6) is 11.5 Å². The summed E-state index contributed by atoms with van der Waals surface area (Å²) >= 11 is 0. The number of carbonyl (C=O) groups excluding carboxylic acids is 1. The standard InChI is InChI=1S/C17H18O5/c1-19-12-22-16-9-14(17(18)20-2)8-15(10-16)21-11-13-6-4-3-5-7-13/h3-10H,11-12H2,1-2H3. The summed E-state index contributed by atoms with van der Waals surface area (Å²) in [5.74, 6) is 0.554. The highest BCUT2D eigenvalue weighted by molar-refractivity contribution is 5.90. The van der Waals surface area contributed by atoms with E-state index < -0.39 is 5.97 Å². The first-order valence-corrected chi connectivity index (χ1v) is 6.75. The molecule has 22 heavy (non-hydrogen) atoms. The Balaban J connectivity index is 2.15. The molecule has 0 heterocycles. The largest absolute Gasteiger partial charge is 0.489 e. The third kappa shape index (κ3) is 4.49. The Kier molecular flexibility index (Phi) is 5.80. The Morgan fingerprint density at radius 2 is 1.64 bits per heavy atom. The molecular weight excluding hydrogens is 284 g/mol. The second-order valence-corrected chi connectivity index (χ2v) is 4.51. The van der Waals surface area contributed by atoms with Crippen molar-refractivity contribution in [3.05, 3.63) is 59.7 Å². The van der Waals surface area contributed by atoms with Crippen LogP contribution in [0.15, 0.2) is 48.5 Å². The minimum absolute atomic E-state index is 0.0861. The molecule has 0 saturated carbocycles. The van der Waals surface area contributed by atoms with Crippen LogP contribution in [0.2, 0.25) is 0 Å². The molecule has 0 fully saturated rings. The predicted molar refractivity (Wildman–Crippen MR) is 81.1 cm³/mol. The number of ether oxygens (including phenoxy) is 4. The number of benzene rings is 2. The van der Waals surface area contributed by atoms with Crippen molar-refractivity contribution in [3.8, 4) is 11.5 Å². The highest BCUT2D eigenvalue weighted by Crippen LogP contribution is 2.24. The lowest BCUT2D eigenvalue weighted by Crippen LogP contribution is -2.05. The van der Waals surface area contributed by atoms with Crippen molar-refractivity contribution in [1.82, 2.24) is 0 Å². The van der Waals surface area contributed by atoms with Crippen LogP contribution >= 0.6 is 0 Å². The third-order valence-electron chi connectivity index (χ3n) is 2.89. The first kappa shape index (κ1) is 15.9. The average molecular weight is 302 g/mol. The van der Waals surface area contributed by atoms with Crippen molar-refractivity contribution in [2.24, 2.45) is 0 Å². The quantitative estimate of drug-likeness (QED) is 0.581. The highest BCUT2D eigenvalue weighted by atomic mass is 16.7. The van der Waals surface area contributed by atoms with Crippen LogP contribution in [-0.2, 0) is 16.1 Å². The number of hydrogen-bond donors (Lipinski definition) is 0. The van der Waals surface area contributed by atoms with Gasteiger partial charge in [0.05, 0.1) is 12.7 Å². The van der Waals surface area contributed by atoms with Crippen LogP contribution in [0, 0.1) is 0 Å². The molecule has 0 N–H and O–H groups in total. The monoisotopic (exact) mass is 302 g/mol. The maximum absolute atomic E-state index is 11.7. The van der Waals surface area contributed by atoms with E-state index in [1.165, 1.54) is 14.2 Å². The molecule has 0 aromatic heterocycles. The SMILES string of the molecule is COCOc1cc(OCc2ccccc2)cc(C(=O)OC)c1. The van der Waals surface area contributed by atoms with Crippen molar-refractivity contribution in [2.45, 2.75) is 6.61 Å². The van der Waals surface area contributed by atoms with E-state index in [2.05, 4.69) is 0 Å². The molecule has 0 unspecified atom stereocenters. The number of carbonyl (C=O) groups is 1. The lowest BCUT2D eigenvalue weighted by Gasteiger charge is -2.11. The molecular formula is C17H18O5. The van der Waals surface area contributed by atoms with Gasteiger partial charge in [0.25, 0.3) is 0 Å². The Morgan fingerprint density at radius 3 is 2.27 bits per heavy atom. The molecule has 0 aliphatic carbocycles. The van der Waals surface area contributed by atoms with E-state index in [4.69, 9.17) is 18.9 Å². The molecule has 5 nitrogen and oxygen atoms in total. The first-order valence-electron chi connectivity index (χ1n) is 6.75. The lowest BCUT2D eigenvalue weighted by molar-refractivity contribution is 0.0501. The molecule has 0 aliphatic heterocycles. The van der Waals surface area contributed by atoms with Crippen LogP contribution in [0.3, 0.4) is 0 Å². The zero-order chi connectivity index (χ0) is 15.8. The van der Waals surface area contributed by atoms with E-state index in [0.29, 0.717) is 23.7 Å². The number of methoxy groups -OCH3 is 2. The molecule has 2 aromatic carbocycles. The Labute approximate surface area is 129 Å². The van der Waals surface area contributed by atoms with Crippen molar-refractivity contribution in [2.75, 3.05) is 21.0 Å². The van der Waals surface area contributed by atoms with Crippen LogP contribution < -0.4 is 9.47 Å². The topological polar surface area (TPSA) is 54.0 Å². The van der Waals surface area contributed by atoms with Crippen molar-refractivity contribution in [3.63, 3.8) is 0 Å². The first-order chi connectivity index (χ1) is 10.7. The van der Waals surface area contributed by atoms with Gasteiger partial charge in [-0.25, -0.2) is 4.79 Å². The summed E-state index contributed by atoms with van der Waals surface area (Å²) < 4.78 is 20.7. The second kappa shape index (κ2) is 8.05. The smallest absolute Gasteiger partial charge is 0.338 e. The lowest BCUT2D eigenvalue weighted by atomic mass is 10.2. The summed E-state index contributed by atoms with van der Waals surface area (Å²) in [5, 5.41) is 0. The maximum Gasteiger partial charge on any atom is 0.338 e. The van der Waals surface area contributed by atoms with Crippen LogP contribution in [0.1, 0.15) is 15.9 Å². The summed E-state index contributed by atoms with van der Waals surface area (Å²) in [6.07, 6.45) is 0. The Morgan fingerprint density at radius 1 is 0.955 bits per heavy atom. The molecule has 0 saturated heterocycles. The van der Waals surface area contributed by atoms with Gasteiger partial charge in [0.2, 0.25) is 0 Å². The van der Waals surface area contributed by atoms with Gasteiger partial charge in [-0.05, 0) is 17.7 Å². The van der Waals surface area contributed by atoms with E-state index in [0.717, 1.165) is 5.56 Å². The van der Waals surface area contributed by atoms with Crippen LogP contribution in [-0.4, -0.2) is 27.0 Å². The van der Waals surface area contributed by atoms with Gasteiger partial charge < -0.3 is 18.9 Å². The van der Waals surface area contributed by atoms with Gasteiger partial charge in [-0.15, -0.1) is 0 Å². The van der Waals surface area contributed by atoms with Gasteiger partial charge in [-0.2, -0.15) is 0 Å². The van der Waals surface area contributed by atoms with E-state index >= 15 is 0 Å². The van der Waals surface area contributed by atoms with Crippen LogP contribution in [0.25, 0.3) is 0 Å². The van der Waals surface area contributed by atoms with Gasteiger partial charge >= 0.3 is 5.97 Å². The molecule has 0 spiro atoms. The average Bonchev–Trinajstić information content (AvgIpc) is 2.58. The maximum atomic E-state index is 11.7. The van der Waals surface area contributed by atoms with E-state index in [-0.39, 0.29) is 6.79 Å². The molecule has 0 radical (unpaired) electrons. The van der Waals surface area contributed by atoms with Gasteiger partial charge in [0, 0.05) is 13.2 Å². The van der Waals surface area contributed by atoms with E-state index in [9.17, 15) is 4.79 Å². The van der Waals surface area contributed by atoms with Crippen molar-refractivity contribution >= 4 is 5.97 Å². The molecule has 116 valence electrons. The fourth-order valence-electron chi connectivity index (χ4n) is 1.84. The summed E-state index contributed by atoms with van der Waals surface area (Å²) in [5.41, 5.74) is 1.39. The highest BCUT2D eigenvalue weighted by Gasteiger charge is 2.10. The van der Waals surface area contributed by atoms with Gasteiger partial charge in [-0.1, -0.05) is 30.3 Å². The number of esters is 1. The van der Waals surface area contributed by atoms with E-state index in [1.807, 2.05) is 30.3 Å². The number of hydrogen-bond acceptors (Lipinski definition) is 5. The normalized spacial score (nSPS) is 10.1. The molecule has 0 bridgehead atoms.